The van der Waals surface area contributed by atoms with E-state index in [4.69, 9.17) is 4.74 Å². The average Bonchev–Trinajstić information content (AvgIpc) is 3.06. The number of hydrogen-bond acceptors (Lipinski definition) is 7. The van der Waals surface area contributed by atoms with Gasteiger partial charge in [-0.1, -0.05) is 11.8 Å². The fourth-order valence-corrected chi connectivity index (χ4v) is 6.53. The summed E-state index contributed by atoms with van der Waals surface area (Å²) in [4.78, 5) is 3.97. The molecule has 2 aliphatic heterocycles. The fraction of sp³-hybridized carbons (Fsp3) is 0.500. The van der Waals surface area contributed by atoms with Crippen LogP contribution in [0.15, 0.2) is 28.1 Å². The van der Waals surface area contributed by atoms with Crippen LogP contribution < -0.4 is 13.8 Å². The van der Waals surface area contributed by atoms with Gasteiger partial charge in [-0.2, -0.15) is 0 Å². The zero-order chi connectivity index (χ0) is 18.1. The van der Waals surface area contributed by atoms with Crippen molar-refractivity contribution in [3.05, 3.63) is 18.2 Å². The molecule has 8 nitrogen and oxygen atoms in total. The number of thioether (sulfide) groups is 1. The monoisotopic (exact) mass is 405 g/mol. The third-order valence-electron chi connectivity index (χ3n) is 3.88. The summed E-state index contributed by atoms with van der Waals surface area (Å²) in [7, 11) is -6.00. The molecule has 2 aliphatic rings. The Kier molecular flexibility index (Phi) is 5.16. The number of anilines is 1. The Morgan fingerprint density at radius 2 is 2.12 bits per heavy atom. The topological polar surface area (TPSA) is 105 Å². The number of rotatable bonds is 4. The minimum atomic E-state index is -3.93. The molecule has 1 fully saturated rings. The summed E-state index contributed by atoms with van der Waals surface area (Å²) in [5, 5.41) is 0.332. The van der Waals surface area contributed by atoms with Gasteiger partial charge in [0.25, 0.3) is 10.0 Å². The Morgan fingerprint density at radius 3 is 2.76 bits per heavy atom. The van der Waals surface area contributed by atoms with Crippen LogP contribution in [0.25, 0.3) is 0 Å². The van der Waals surface area contributed by atoms with Gasteiger partial charge in [-0.3, -0.25) is 14.0 Å². The van der Waals surface area contributed by atoms with E-state index in [1.165, 1.54) is 35.3 Å². The first-order chi connectivity index (χ1) is 11.8. The molecular formula is C14H19N3O5S3. The summed E-state index contributed by atoms with van der Waals surface area (Å²) < 4.78 is 58.8. The molecule has 0 radical (unpaired) electrons. The zero-order valence-corrected chi connectivity index (χ0v) is 16.1. The Bertz CT molecular complexity index is 896. The highest BCUT2D eigenvalue weighted by Crippen LogP contribution is 2.32. The standard InChI is InChI=1S/C14H19N3O5S3/c1-22-12-5-4-11(17-7-2-3-9-24(17,18)19)10-13(12)25(20,21)16-14-15-6-8-23-14/h4-5,10H,2-3,6-9H2,1H3,(H,15,16). The van der Waals surface area contributed by atoms with E-state index in [-0.39, 0.29) is 16.4 Å². The number of benzene rings is 1. The van der Waals surface area contributed by atoms with Crippen molar-refractivity contribution in [2.75, 3.05) is 36.0 Å². The van der Waals surface area contributed by atoms with Crippen LogP contribution >= 0.6 is 11.8 Å². The summed E-state index contributed by atoms with van der Waals surface area (Å²) in [6.07, 6.45) is 1.35. The second kappa shape index (κ2) is 7.04. The molecule has 0 unspecified atom stereocenters. The van der Waals surface area contributed by atoms with E-state index >= 15 is 0 Å². The minimum absolute atomic E-state index is 0.0623. The number of nitrogens with one attached hydrogen (secondary N) is 1. The van der Waals surface area contributed by atoms with Crippen molar-refractivity contribution in [2.45, 2.75) is 17.7 Å². The van der Waals surface area contributed by atoms with Gasteiger partial charge in [0.2, 0.25) is 10.0 Å². The van der Waals surface area contributed by atoms with Crippen molar-refractivity contribution in [3.63, 3.8) is 0 Å². The van der Waals surface area contributed by atoms with E-state index in [0.717, 1.165) is 12.2 Å². The smallest absolute Gasteiger partial charge is 0.267 e. The highest BCUT2D eigenvalue weighted by Gasteiger charge is 2.29. The summed E-state index contributed by atoms with van der Waals surface area (Å²) >= 11 is 1.32. The van der Waals surface area contributed by atoms with Crippen LogP contribution in [0.4, 0.5) is 5.69 Å². The maximum absolute atomic E-state index is 12.7. The molecule has 1 aromatic carbocycles. The first-order valence-corrected chi connectivity index (χ1v) is 11.8. The van der Waals surface area contributed by atoms with E-state index in [1.54, 1.807) is 6.07 Å². The van der Waals surface area contributed by atoms with Crippen LogP contribution in [0, 0.1) is 0 Å². The Hall–Kier alpha value is -1.46. The first kappa shape index (κ1) is 18.3. The Labute approximate surface area is 151 Å². The molecule has 1 saturated heterocycles. The zero-order valence-electron chi connectivity index (χ0n) is 13.6. The van der Waals surface area contributed by atoms with Gasteiger partial charge in [0, 0.05) is 12.3 Å². The highest BCUT2D eigenvalue weighted by atomic mass is 32.2. The molecule has 25 heavy (non-hydrogen) atoms. The molecule has 1 N–H and O–H groups in total. The predicted octanol–water partition coefficient (Wildman–Crippen LogP) is 1.01. The van der Waals surface area contributed by atoms with Gasteiger partial charge >= 0.3 is 0 Å². The van der Waals surface area contributed by atoms with Gasteiger partial charge in [0.05, 0.1) is 25.1 Å². The lowest BCUT2D eigenvalue weighted by molar-refractivity contribution is 0.402. The normalized spacial score (nSPS) is 20.2. The van der Waals surface area contributed by atoms with Crippen LogP contribution in [-0.2, 0) is 20.0 Å². The molecule has 0 bridgehead atoms. The van der Waals surface area contributed by atoms with Crippen LogP contribution in [-0.4, -0.2) is 53.7 Å². The molecule has 0 aromatic heterocycles. The molecule has 0 spiro atoms. The molecule has 11 heteroatoms. The van der Waals surface area contributed by atoms with Crippen LogP contribution in [0.2, 0.25) is 0 Å². The van der Waals surface area contributed by atoms with Gasteiger partial charge in [-0.15, -0.1) is 0 Å². The van der Waals surface area contributed by atoms with Crippen molar-refractivity contribution < 1.29 is 21.6 Å². The number of methoxy groups -OCH3 is 1. The second-order valence-corrected chi connectivity index (χ2v) is 10.3. The van der Waals surface area contributed by atoms with Crippen molar-refractivity contribution in [1.82, 2.24) is 4.72 Å². The molecule has 2 heterocycles. The van der Waals surface area contributed by atoms with E-state index in [0.29, 0.717) is 30.4 Å². The lowest BCUT2D eigenvalue weighted by atomic mass is 10.2. The predicted molar refractivity (Wildman–Crippen MR) is 98.4 cm³/mol. The second-order valence-electron chi connectivity index (χ2n) is 5.57. The minimum Gasteiger partial charge on any atom is -0.495 e. The molecule has 138 valence electrons. The van der Waals surface area contributed by atoms with E-state index in [2.05, 4.69) is 9.71 Å². The van der Waals surface area contributed by atoms with Crippen LogP contribution in [0.3, 0.4) is 0 Å². The summed E-state index contributed by atoms with van der Waals surface area (Å²) in [6, 6.07) is 4.37. The maximum Gasteiger partial charge on any atom is 0.267 e. The molecule has 3 rings (SSSR count). The third-order valence-corrected chi connectivity index (χ3v) is 8.13. The number of hydrogen-bond donors (Lipinski definition) is 1. The molecular weight excluding hydrogens is 386 g/mol. The maximum atomic E-state index is 12.7. The third kappa shape index (κ3) is 3.87. The Morgan fingerprint density at radius 1 is 1.32 bits per heavy atom. The molecule has 0 aliphatic carbocycles. The quantitative estimate of drug-likeness (QED) is 0.801. The highest BCUT2D eigenvalue weighted by molar-refractivity contribution is 8.15. The summed E-state index contributed by atoms with van der Waals surface area (Å²) in [5.41, 5.74) is 0.321. The van der Waals surface area contributed by atoms with Gasteiger partial charge < -0.3 is 4.74 Å². The fourth-order valence-electron chi connectivity index (χ4n) is 2.68. The van der Waals surface area contributed by atoms with Gasteiger partial charge in [-0.05, 0) is 31.0 Å². The molecule has 0 atom stereocenters. The largest absolute Gasteiger partial charge is 0.495 e. The molecule has 0 amide bonds. The van der Waals surface area contributed by atoms with Crippen molar-refractivity contribution in [1.29, 1.82) is 0 Å². The van der Waals surface area contributed by atoms with Gasteiger partial charge in [0.1, 0.15) is 10.6 Å². The summed E-state index contributed by atoms with van der Waals surface area (Å²) in [6.45, 7) is 0.899. The first-order valence-electron chi connectivity index (χ1n) is 7.72. The summed E-state index contributed by atoms with van der Waals surface area (Å²) in [5.74, 6) is 0.933. The number of ether oxygens (including phenoxy) is 1. The number of amidine groups is 1. The number of aliphatic imine (C=N–C) groups is 1. The molecule has 1 aromatic rings. The number of sulfonamides is 2. The van der Waals surface area contributed by atoms with Crippen LogP contribution in [0.5, 0.6) is 5.75 Å². The number of nitrogens with zero attached hydrogens (tertiary/aromatic N) is 2. The van der Waals surface area contributed by atoms with Crippen molar-refractivity contribution in [2.24, 2.45) is 4.99 Å². The van der Waals surface area contributed by atoms with Crippen molar-refractivity contribution in [3.8, 4) is 5.75 Å². The van der Waals surface area contributed by atoms with E-state index < -0.39 is 20.0 Å². The van der Waals surface area contributed by atoms with Gasteiger partial charge in [0.15, 0.2) is 5.17 Å². The molecule has 0 saturated carbocycles. The SMILES string of the molecule is COc1ccc(N2CCCCS2(=O)=O)cc1S(=O)(=O)NC1=NCCS1. The van der Waals surface area contributed by atoms with Crippen LogP contribution in [0.1, 0.15) is 12.8 Å². The van der Waals surface area contributed by atoms with Gasteiger partial charge in [-0.25, -0.2) is 16.8 Å². The lowest BCUT2D eigenvalue weighted by Gasteiger charge is -2.28. The Balaban J connectivity index is 2.00. The average molecular weight is 406 g/mol. The lowest BCUT2D eigenvalue weighted by Crippen LogP contribution is -2.38. The van der Waals surface area contributed by atoms with E-state index in [9.17, 15) is 16.8 Å². The van der Waals surface area contributed by atoms with E-state index in [1.807, 2.05) is 0 Å². The van der Waals surface area contributed by atoms with Crippen molar-refractivity contribution >= 4 is 42.7 Å².